The zero-order valence-corrected chi connectivity index (χ0v) is 18.4. The number of nitrogens with one attached hydrogen (secondary N) is 2. The number of aromatic nitrogens is 2. The number of carboxylic acids is 1. The Bertz CT molecular complexity index is 1180. The Morgan fingerprint density at radius 2 is 1.85 bits per heavy atom. The molecule has 0 spiro atoms. The molecule has 0 bridgehead atoms. The smallest absolute Gasteiger partial charge is 0.325 e. The second-order valence-corrected chi connectivity index (χ2v) is 8.82. The molecule has 0 radical (unpaired) electrons. The maximum Gasteiger partial charge on any atom is 0.325 e. The van der Waals surface area contributed by atoms with Crippen LogP contribution in [-0.2, 0) is 11.3 Å². The van der Waals surface area contributed by atoms with E-state index >= 15 is 0 Å². The summed E-state index contributed by atoms with van der Waals surface area (Å²) in [6.07, 6.45) is 8.48. The quantitative estimate of drug-likeness (QED) is 0.519. The Morgan fingerprint density at radius 1 is 1.06 bits per heavy atom. The van der Waals surface area contributed by atoms with Gasteiger partial charge in [-0.05, 0) is 36.5 Å². The molecule has 172 valence electrons. The van der Waals surface area contributed by atoms with Gasteiger partial charge in [0.2, 0.25) is 0 Å². The maximum atomic E-state index is 12.9. The lowest BCUT2D eigenvalue weighted by Crippen LogP contribution is -2.35. The summed E-state index contributed by atoms with van der Waals surface area (Å²) in [7, 11) is 0. The number of hydrogen-bond donors (Lipinski definition) is 3. The van der Waals surface area contributed by atoms with Crippen molar-refractivity contribution in [3.63, 3.8) is 0 Å². The Kier molecular flexibility index (Phi) is 5.90. The minimum Gasteiger partial charge on any atom is -0.493 e. The van der Waals surface area contributed by atoms with Gasteiger partial charge in [0, 0.05) is 17.4 Å². The highest BCUT2D eigenvalue weighted by Crippen LogP contribution is 2.43. The van der Waals surface area contributed by atoms with E-state index in [1.807, 2.05) is 6.07 Å². The molecule has 2 aliphatic rings. The van der Waals surface area contributed by atoms with Crippen molar-refractivity contribution >= 4 is 28.6 Å². The van der Waals surface area contributed by atoms with Crippen LogP contribution < -0.4 is 15.4 Å². The van der Waals surface area contributed by atoms with E-state index in [1.54, 1.807) is 24.4 Å². The van der Waals surface area contributed by atoms with E-state index in [2.05, 4.69) is 27.9 Å². The number of benzene rings is 2. The van der Waals surface area contributed by atoms with Crippen LogP contribution in [0.25, 0.3) is 10.9 Å². The second kappa shape index (κ2) is 9.13. The first-order valence-electron chi connectivity index (χ1n) is 11.6. The highest BCUT2D eigenvalue weighted by molar-refractivity contribution is 6.00. The van der Waals surface area contributed by atoms with E-state index in [4.69, 9.17) is 9.84 Å². The molecule has 1 aromatic heterocycles. The number of para-hydroxylation sites is 1. The minimum atomic E-state index is -0.970. The zero-order chi connectivity index (χ0) is 22.8. The fourth-order valence-electron chi connectivity index (χ4n) is 5.12. The zero-order valence-electron chi connectivity index (χ0n) is 18.4. The van der Waals surface area contributed by atoms with E-state index in [1.165, 1.54) is 42.3 Å². The summed E-state index contributed by atoms with van der Waals surface area (Å²) in [5.41, 5.74) is 3.55. The Labute approximate surface area is 191 Å². The number of ether oxygens (including phenoxy) is 1. The standard InChI is InChI=1S/C25H28N4O4/c30-23(31)15-29-22-11-5-10-20(19(22)14-26-29)27-25(32)28-21-12-13-33-24-17(8-4-9-18(21)24)16-6-2-1-3-7-16/h4-5,8-11,14,16,21H,1-3,6-7,12-13,15H2,(H,30,31)(H2,27,28,32). The summed E-state index contributed by atoms with van der Waals surface area (Å²) in [6, 6.07) is 11.2. The van der Waals surface area contributed by atoms with Crippen molar-refractivity contribution in [2.75, 3.05) is 11.9 Å². The van der Waals surface area contributed by atoms with Gasteiger partial charge in [0.25, 0.3) is 0 Å². The van der Waals surface area contributed by atoms with E-state index < -0.39 is 5.97 Å². The molecule has 1 atom stereocenters. The third kappa shape index (κ3) is 4.37. The van der Waals surface area contributed by atoms with Gasteiger partial charge in [-0.3, -0.25) is 9.48 Å². The maximum absolute atomic E-state index is 12.9. The van der Waals surface area contributed by atoms with Gasteiger partial charge in [0.05, 0.1) is 30.0 Å². The van der Waals surface area contributed by atoms with Gasteiger partial charge in [-0.1, -0.05) is 43.5 Å². The number of urea groups is 1. The monoisotopic (exact) mass is 448 g/mol. The SMILES string of the molecule is O=C(O)Cn1ncc2c(NC(=O)NC3CCOc4c(C5CCCCC5)cccc43)cccc21. The van der Waals surface area contributed by atoms with Crippen LogP contribution in [0.1, 0.15) is 61.6 Å². The van der Waals surface area contributed by atoms with Gasteiger partial charge >= 0.3 is 12.0 Å². The molecule has 8 nitrogen and oxygen atoms in total. The molecule has 1 aliphatic carbocycles. The van der Waals surface area contributed by atoms with Crippen molar-refractivity contribution in [2.45, 2.75) is 57.0 Å². The number of hydrogen-bond acceptors (Lipinski definition) is 4. The Hall–Kier alpha value is -3.55. The molecule has 1 unspecified atom stereocenters. The van der Waals surface area contributed by atoms with E-state index in [-0.39, 0.29) is 18.6 Å². The first-order valence-corrected chi connectivity index (χ1v) is 11.6. The van der Waals surface area contributed by atoms with Crippen molar-refractivity contribution in [3.05, 3.63) is 53.7 Å². The first kappa shape index (κ1) is 21.3. The fourth-order valence-corrected chi connectivity index (χ4v) is 5.12. The summed E-state index contributed by atoms with van der Waals surface area (Å²) in [5, 5.41) is 19.9. The number of carbonyl (C=O) groups excluding carboxylic acids is 1. The molecule has 0 saturated heterocycles. The van der Waals surface area contributed by atoms with E-state index in [9.17, 15) is 9.59 Å². The third-order valence-electron chi connectivity index (χ3n) is 6.68. The van der Waals surface area contributed by atoms with Gasteiger partial charge in [-0.15, -0.1) is 0 Å². The summed E-state index contributed by atoms with van der Waals surface area (Å²) in [5.74, 6) is 0.501. The number of nitrogens with zero attached hydrogens (tertiary/aromatic N) is 2. The van der Waals surface area contributed by atoms with Crippen molar-refractivity contribution in [1.29, 1.82) is 0 Å². The van der Waals surface area contributed by atoms with Crippen LogP contribution in [0, 0.1) is 0 Å². The fraction of sp³-hybridized carbons (Fsp3) is 0.400. The predicted octanol–water partition coefficient (Wildman–Crippen LogP) is 4.81. The molecule has 3 N–H and O–H groups in total. The number of rotatable bonds is 5. The van der Waals surface area contributed by atoms with E-state index in [0.29, 0.717) is 35.5 Å². The van der Waals surface area contributed by atoms with Gasteiger partial charge in [0.15, 0.2) is 0 Å². The van der Waals surface area contributed by atoms with Crippen LogP contribution in [-0.4, -0.2) is 33.5 Å². The molecule has 5 rings (SSSR count). The van der Waals surface area contributed by atoms with Crippen molar-refractivity contribution < 1.29 is 19.4 Å². The van der Waals surface area contributed by atoms with Crippen LogP contribution >= 0.6 is 0 Å². The molecule has 3 aromatic rings. The predicted molar refractivity (Wildman–Crippen MR) is 125 cm³/mol. The molecule has 2 aromatic carbocycles. The average molecular weight is 449 g/mol. The lowest BCUT2D eigenvalue weighted by Gasteiger charge is -2.31. The Balaban J connectivity index is 1.34. The molecule has 1 saturated carbocycles. The van der Waals surface area contributed by atoms with Crippen molar-refractivity contribution in [3.8, 4) is 5.75 Å². The topological polar surface area (TPSA) is 105 Å². The van der Waals surface area contributed by atoms with Crippen LogP contribution in [0.15, 0.2) is 42.6 Å². The highest BCUT2D eigenvalue weighted by atomic mass is 16.5. The summed E-state index contributed by atoms with van der Waals surface area (Å²) in [6.45, 7) is 0.334. The minimum absolute atomic E-state index is 0.133. The summed E-state index contributed by atoms with van der Waals surface area (Å²) >= 11 is 0. The number of anilines is 1. The van der Waals surface area contributed by atoms with Gasteiger partial charge in [-0.25, -0.2) is 4.79 Å². The summed E-state index contributed by atoms with van der Waals surface area (Å²) < 4.78 is 7.50. The number of amides is 2. The van der Waals surface area contributed by atoms with Gasteiger partial charge < -0.3 is 20.5 Å². The second-order valence-electron chi connectivity index (χ2n) is 8.82. The molecular weight excluding hydrogens is 420 g/mol. The lowest BCUT2D eigenvalue weighted by atomic mass is 9.82. The largest absolute Gasteiger partial charge is 0.493 e. The molecule has 2 amide bonds. The average Bonchev–Trinajstić information content (AvgIpc) is 3.23. The lowest BCUT2D eigenvalue weighted by molar-refractivity contribution is -0.137. The normalized spacial score (nSPS) is 18.4. The molecule has 8 heteroatoms. The number of fused-ring (bicyclic) bond motifs is 2. The third-order valence-corrected chi connectivity index (χ3v) is 6.68. The van der Waals surface area contributed by atoms with Crippen LogP contribution in [0.3, 0.4) is 0 Å². The first-order chi connectivity index (χ1) is 16.1. The number of carbonyl (C=O) groups is 2. The molecule has 2 heterocycles. The summed E-state index contributed by atoms with van der Waals surface area (Å²) in [4.78, 5) is 24.0. The van der Waals surface area contributed by atoms with Gasteiger partial charge in [-0.2, -0.15) is 5.10 Å². The van der Waals surface area contributed by atoms with Crippen LogP contribution in [0.5, 0.6) is 5.75 Å². The molecule has 1 aliphatic heterocycles. The molecular formula is C25H28N4O4. The van der Waals surface area contributed by atoms with E-state index in [0.717, 1.165) is 11.3 Å². The van der Waals surface area contributed by atoms with Crippen molar-refractivity contribution in [2.24, 2.45) is 0 Å². The Morgan fingerprint density at radius 3 is 2.67 bits per heavy atom. The van der Waals surface area contributed by atoms with Gasteiger partial charge in [0.1, 0.15) is 12.3 Å². The number of carboxylic acid groups (broad SMARTS) is 1. The number of aliphatic carboxylic acids is 1. The molecule has 1 fully saturated rings. The van der Waals surface area contributed by atoms with Crippen LogP contribution in [0.4, 0.5) is 10.5 Å². The highest BCUT2D eigenvalue weighted by Gasteiger charge is 2.28. The molecule has 33 heavy (non-hydrogen) atoms. The van der Waals surface area contributed by atoms with Crippen LogP contribution in [0.2, 0.25) is 0 Å². The van der Waals surface area contributed by atoms with Crippen molar-refractivity contribution in [1.82, 2.24) is 15.1 Å².